The van der Waals surface area contributed by atoms with Crippen LogP contribution in [0.1, 0.15) is 6.92 Å². The van der Waals surface area contributed by atoms with Crippen molar-refractivity contribution in [1.29, 1.82) is 0 Å². The molecule has 0 saturated heterocycles. The quantitative estimate of drug-likeness (QED) is 0.529. The summed E-state index contributed by atoms with van der Waals surface area (Å²) >= 11 is 0. The van der Waals surface area contributed by atoms with Gasteiger partial charge >= 0.3 is 17.9 Å². The molecular weight excluding hydrogens is 224 g/mol. The summed E-state index contributed by atoms with van der Waals surface area (Å²) in [6.45, 7) is 0.907. The highest BCUT2D eigenvalue weighted by Gasteiger charge is 1.99. The minimum atomic E-state index is -1.17. The van der Waals surface area contributed by atoms with E-state index < -0.39 is 31.1 Å². The van der Waals surface area contributed by atoms with Gasteiger partial charge in [-0.15, -0.1) is 0 Å². The molecule has 0 amide bonds. The average Bonchev–Trinajstić information content (AvgIpc) is 2.14. The van der Waals surface area contributed by atoms with E-state index in [-0.39, 0.29) is 6.61 Å². The van der Waals surface area contributed by atoms with Gasteiger partial charge < -0.3 is 24.8 Å². The highest BCUT2D eigenvalue weighted by molar-refractivity contribution is 5.70. The largest absolute Gasteiger partial charge is 0.480 e. The number of rotatable bonds is 7. The van der Waals surface area contributed by atoms with Gasteiger partial charge in [-0.2, -0.15) is 0 Å². The summed E-state index contributed by atoms with van der Waals surface area (Å²) in [5.41, 5.74) is 0. The number of ether oxygens (including phenoxy) is 2. The molecule has 0 radical (unpaired) electrons. The number of hydrogen-bond acceptors (Lipinski definition) is 5. The molecule has 0 aromatic carbocycles. The van der Waals surface area contributed by atoms with E-state index in [0.717, 1.165) is 0 Å². The highest BCUT2D eigenvalue weighted by atomic mass is 16.5. The molecule has 0 saturated carbocycles. The maximum atomic E-state index is 9.66. The lowest BCUT2D eigenvalue weighted by Crippen LogP contribution is -2.13. The Hall–Kier alpha value is -1.67. The highest BCUT2D eigenvalue weighted by Crippen LogP contribution is 1.73. The predicted molar refractivity (Wildman–Crippen MR) is 50.2 cm³/mol. The Bertz CT molecular complexity index is 210. The number of carbonyl (C=O) groups is 3. The second kappa shape index (κ2) is 11.4. The Morgan fingerprint density at radius 1 is 0.812 bits per heavy atom. The van der Waals surface area contributed by atoms with E-state index in [4.69, 9.17) is 15.3 Å². The first kappa shape index (κ1) is 16.7. The van der Waals surface area contributed by atoms with Gasteiger partial charge in [0.1, 0.15) is 19.8 Å². The van der Waals surface area contributed by atoms with Crippen LogP contribution in [0.25, 0.3) is 0 Å². The Morgan fingerprint density at radius 3 is 1.31 bits per heavy atom. The van der Waals surface area contributed by atoms with Crippen LogP contribution in [0.2, 0.25) is 0 Å². The lowest BCUT2D eigenvalue weighted by molar-refractivity contribution is -0.148. The van der Waals surface area contributed by atoms with Crippen molar-refractivity contribution in [2.75, 3.05) is 26.4 Å². The van der Waals surface area contributed by atoms with E-state index in [2.05, 4.69) is 9.47 Å². The molecule has 16 heavy (non-hydrogen) atoms. The van der Waals surface area contributed by atoms with E-state index in [1.54, 1.807) is 6.92 Å². The fraction of sp³-hybridized carbons (Fsp3) is 0.625. The number of aliphatic carboxylic acids is 3. The van der Waals surface area contributed by atoms with Crippen molar-refractivity contribution in [1.82, 2.24) is 0 Å². The van der Waals surface area contributed by atoms with Crippen molar-refractivity contribution in [3.63, 3.8) is 0 Å². The average molecular weight is 238 g/mol. The summed E-state index contributed by atoms with van der Waals surface area (Å²) < 4.78 is 8.65. The van der Waals surface area contributed by atoms with Crippen molar-refractivity contribution in [2.24, 2.45) is 0 Å². The summed E-state index contributed by atoms with van der Waals surface area (Å²) in [5, 5.41) is 23.7. The molecule has 3 N–H and O–H groups in total. The van der Waals surface area contributed by atoms with Gasteiger partial charge in [-0.3, -0.25) is 0 Å². The summed E-state index contributed by atoms with van der Waals surface area (Å²) in [5.74, 6) is -3.26. The van der Waals surface area contributed by atoms with Gasteiger partial charge in [-0.25, -0.2) is 14.4 Å². The zero-order valence-corrected chi connectivity index (χ0v) is 8.71. The van der Waals surface area contributed by atoms with Gasteiger partial charge in [0.2, 0.25) is 0 Å². The van der Waals surface area contributed by atoms with Crippen molar-refractivity contribution < 1.29 is 39.2 Å². The van der Waals surface area contributed by atoms with E-state index in [0.29, 0.717) is 6.61 Å². The second-order valence-electron chi connectivity index (χ2n) is 2.31. The standard InChI is InChI=1S/C4H6O5.C4H8O3/c5-3(6)1-9-2-4(7)8;1-2-7-3-4(5)6/h1-2H2,(H,5,6)(H,7,8);2-3H2,1H3,(H,5,6). The van der Waals surface area contributed by atoms with Crippen molar-refractivity contribution in [3.8, 4) is 0 Å². The first-order valence-electron chi connectivity index (χ1n) is 4.21. The van der Waals surface area contributed by atoms with Crippen molar-refractivity contribution in [2.45, 2.75) is 6.92 Å². The SMILES string of the molecule is CCOCC(=O)O.O=C(O)COCC(=O)O. The zero-order chi connectivity index (χ0) is 13.0. The van der Waals surface area contributed by atoms with E-state index in [1.807, 2.05) is 0 Å². The molecular formula is C8H14O8. The summed E-state index contributed by atoms with van der Waals surface area (Å²) in [4.78, 5) is 29.0. The Kier molecular flexibility index (Phi) is 11.9. The molecule has 0 aromatic heterocycles. The van der Waals surface area contributed by atoms with Gasteiger partial charge in [0.15, 0.2) is 0 Å². The fourth-order valence-corrected chi connectivity index (χ4v) is 0.415. The normalized spacial score (nSPS) is 8.81. The summed E-state index contributed by atoms with van der Waals surface area (Å²) in [6, 6.07) is 0. The molecule has 0 heterocycles. The van der Waals surface area contributed by atoms with E-state index in [9.17, 15) is 14.4 Å². The number of carboxylic acids is 3. The van der Waals surface area contributed by atoms with Gasteiger partial charge in [0.25, 0.3) is 0 Å². The molecule has 0 atom stereocenters. The molecule has 0 aromatic rings. The van der Waals surface area contributed by atoms with Gasteiger partial charge in [-0.05, 0) is 6.92 Å². The zero-order valence-electron chi connectivity index (χ0n) is 8.71. The third kappa shape index (κ3) is 22.8. The van der Waals surface area contributed by atoms with Crippen LogP contribution in [0.3, 0.4) is 0 Å². The Balaban J connectivity index is 0. The first-order chi connectivity index (χ1) is 7.40. The van der Waals surface area contributed by atoms with Gasteiger partial charge in [0, 0.05) is 6.61 Å². The molecule has 0 aliphatic rings. The van der Waals surface area contributed by atoms with Crippen LogP contribution in [-0.4, -0.2) is 59.7 Å². The van der Waals surface area contributed by atoms with Crippen LogP contribution in [0.5, 0.6) is 0 Å². The van der Waals surface area contributed by atoms with E-state index >= 15 is 0 Å². The van der Waals surface area contributed by atoms with Crippen LogP contribution >= 0.6 is 0 Å². The van der Waals surface area contributed by atoms with Crippen LogP contribution in [0.15, 0.2) is 0 Å². The third-order valence-electron chi connectivity index (χ3n) is 0.881. The Morgan fingerprint density at radius 2 is 1.12 bits per heavy atom. The van der Waals surface area contributed by atoms with Crippen LogP contribution in [0, 0.1) is 0 Å². The van der Waals surface area contributed by atoms with Crippen molar-refractivity contribution >= 4 is 17.9 Å². The van der Waals surface area contributed by atoms with Crippen molar-refractivity contribution in [3.05, 3.63) is 0 Å². The molecule has 8 heteroatoms. The third-order valence-corrected chi connectivity index (χ3v) is 0.881. The smallest absolute Gasteiger partial charge is 0.329 e. The van der Waals surface area contributed by atoms with Crippen LogP contribution < -0.4 is 0 Å². The minimum absolute atomic E-state index is 0.184. The summed E-state index contributed by atoms with van der Waals surface area (Å²) in [6.07, 6.45) is 0. The molecule has 8 nitrogen and oxygen atoms in total. The monoisotopic (exact) mass is 238 g/mol. The minimum Gasteiger partial charge on any atom is -0.480 e. The molecule has 0 spiro atoms. The summed E-state index contributed by atoms with van der Waals surface area (Å²) in [7, 11) is 0. The maximum absolute atomic E-state index is 9.66. The molecule has 0 aliphatic heterocycles. The molecule has 0 aliphatic carbocycles. The Labute approximate surface area is 91.4 Å². The second-order valence-corrected chi connectivity index (χ2v) is 2.31. The topological polar surface area (TPSA) is 130 Å². The van der Waals surface area contributed by atoms with Crippen LogP contribution in [-0.2, 0) is 23.9 Å². The molecule has 0 rings (SSSR count). The fourth-order valence-electron chi connectivity index (χ4n) is 0.415. The lowest BCUT2D eigenvalue weighted by atomic mass is 10.7. The molecule has 0 fully saturated rings. The molecule has 94 valence electrons. The number of carboxylic acid groups (broad SMARTS) is 3. The first-order valence-corrected chi connectivity index (χ1v) is 4.21. The number of hydrogen-bond donors (Lipinski definition) is 3. The maximum Gasteiger partial charge on any atom is 0.329 e. The van der Waals surface area contributed by atoms with E-state index in [1.165, 1.54) is 0 Å². The molecule has 0 unspecified atom stereocenters. The molecule has 0 bridgehead atoms. The predicted octanol–water partition coefficient (Wildman–Crippen LogP) is -0.720. The van der Waals surface area contributed by atoms with Crippen LogP contribution in [0.4, 0.5) is 0 Å². The lowest BCUT2D eigenvalue weighted by Gasteiger charge is -1.92. The van der Waals surface area contributed by atoms with Gasteiger partial charge in [-0.1, -0.05) is 0 Å². The van der Waals surface area contributed by atoms with Gasteiger partial charge in [0.05, 0.1) is 0 Å².